The molecule has 1 aliphatic heterocycles. The molecule has 0 spiro atoms. The van der Waals surface area contributed by atoms with Crippen molar-refractivity contribution in [3.63, 3.8) is 0 Å². The summed E-state index contributed by atoms with van der Waals surface area (Å²) in [4.78, 5) is 12.3. The van der Waals surface area contributed by atoms with Crippen molar-refractivity contribution in [2.75, 3.05) is 19.8 Å². The van der Waals surface area contributed by atoms with Crippen LogP contribution in [0, 0.1) is 0 Å². The number of carbonyl (C=O) groups excluding carboxylic acids is 1. The van der Waals surface area contributed by atoms with E-state index in [1.54, 1.807) is 0 Å². The molecule has 1 saturated heterocycles. The summed E-state index contributed by atoms with van der Waals surface area (Å²) in [5.41, 5.74) is -3.30. The normalized spacial score (nSPS) is 19.3. The zero-order valence-corrected chi connectivity index (χ0v) is 14.6. The highest BCUT2D eigenvalue weighted by atomic mass is 19.4. The summed E-state index contributed by atoms with van der Waals surface area (Å²) < 4.78 is 71.9. The van der Waals surface area contributed by atoms with Gasteiger partial charge < -0.3 is 15.4 Å². The molecule has 1 aromatic carbocycles. The number of nitrogens with one attached hydrogen (secondary N) is 2. The Balaban J connectivity index is 2.36. The minimum atomic E-state index is -4.78. The zero-order chi connectivity index (χ0) is 19.8. The molecule has 2 N–H and O–H groups in total. The first-order valence-electron chi connectivity index (χ1n) is 8.05. The van der Waals surface area contributed by atoms with Crippen LogP contribution in [-0.4, -0.2) is 31.7 Å². The Labute approximate surface area is 148 Å². The van der Waals surface area contributed by atoms with Crippen LogP contribution in [0.5, 0.6) is 0 Å². The maximum Gasteiger partial charge on any atom is 0.416 e. The number of rotatable bonds is 4. The van der Waals surface area contributed by atoms with Gasteiger partial charge in [0.15, 0.2) is 0 Å². The third-order valence-corrected chi connectivity index (χ3v) is 4.16. The van der Waals surface area contributed by atoms with E-state index in [2.05, 4.69) is 10.6 Å². The van der Waals surface area contributed by atoms with Gasteiger partial charge in [0.1, 0.15) is 6.04 Å². The molecule has 1 fully saturated rings. The van der Waals surface area contributed by atoms with Crippen molar-refractivity contribution < 1.29 is 31.5 Å². The molecule has 1 heterocycles. The molecule has 1 aliphatic rings. The van der Waals surface area contributed by atoms with Crippen LogP contribution >= 0.6 is 0 Å². The summed E-state index contributed by atoms with van der Waals surface area (Å²) in [7, 11) is 0. The van der Waals surface area contributed by atoms with Crippen LogP contribution in [0.3, 0.4) is 0 Å². The van der Waals surface area contributed by atoms with Crippen molar-refractivity contribution in [1.82, 2.24) is 10.6 Å². The Morgan fingerprint density at radius 3 is 2.15 bits per heavy atom. The van der Waals surface area contributed by atoms with Crippen molar-refractivity contribution in [1.29, 1.82) is 0 Å². The lowest BCUT2D eigenvalue weighted by Crippen LogP contribution is -2.55. The van der Waals surface area contributed by atoms with Crippen LogP contribution in [-0.2, 0) is 27.2 Å². The molecule has 4 nitrogen and oxygen atoms in total. The highest BCUT2D eigenvalue weighted by Crippen LogP contribution is 2.37. The monoisotopic (exact) mass is 380 g/mol. The first-order chi connectivity index (χ1) is 11.8. The Kier molecular flexibility index (Phi) is 5.63. The van der Waals surface area contributed by atoms with Crippen LogP contribution < -0.4 is 10.6 Å². The number of hydrogen-bond donors (Lipinski definition) is 2. The van der Waals surface area contributed by atoms with Gasteiger partial charge in [-0.05, 0) is 37.6 Å². The van der Waals surface area contributed by atoms with Crippen molar-refractivity contribution in [3.05, 3.63) is 34.9 Å². The summed E-state index contributed by atoms with van der Waals surface area (Å²) >= 11 is 0. The fourth-order valence-electron chi connectivity index (χ4n) is 2.61. The van der Waals surface area contributed by atoms with Gasteiger partial charge in [0.2, 0.25) is 5.91 Å². The second kappa shape index (κ2) is 7.11. The van der Waals surface area contributed by atoms with E-state index in [0.29, 0.717) is 26.1 Å². The maximum absolute atomic E-state index is 13.7. The molecular formula is C17H21F5N2O2. The summed E-state index contributed by atoms with van der Waals surface area (Å²) in [6, 6.07) is 1.54. The topological polar surface area (TPSA) is 50.4 Å². The van der Waals surface area contributed by atoms with Gasteiger partial charge in [-0.2, -0.15) is 13.2 Å². The number of morpholine rings is 1. The molecule has 0 radical (unpaired) electrons. The standard InChI is InChI=1S/C17H21F5N2O2/c1-15(2,24-14(25)13-9-26-5-4-23-13)10-6-11(16(3,18)19)8-12(7-10)17(20,21)22/h6-8,13,23H,4-5,9H2,1-3H3,(H,24,25)/t13-/m0/s1. The van der Waals surface area contributed by atoms with Gasteiger partial charge in [-0.15, -0.1) is 0 Å². The number of amides is 1. The molecule has 2 rings (SSSR count). The largest absolute Gasteiger partial charge is 0.416 e. The second-order valence-corrected chi connectivity index (χ2v) is 6.88. The number of alkyl halides is 5. The molecule has 1 atom stereocenters. The van der Waals surface area contributed by atoms with Gasteiger partial charge in [0.05, 0.1) is 24.3 Å². The fourth-order valence-corrected chi connectivity index (χ4v) is 2.61. The molecule has 146 valence electrons. The van der Waals surface area contributed by atoms with Gasteiger partial charge in [0, 0.05) is 19.0 Å². The smallest absolute Gasteiger partial charge is 0.378 e. The first kappa shape index (κ1) is 20.6. The number of hydrogen-bond acceptors (Lipinski definition) is 3. The quantitative estimate of drug-likeness (QED) is 0.789. The Morgan fingerprint density at radius 1 is 1.08 bits per heavy atom. The zero-order valence-electron chi connectivity index (χ0n) is 14.6. The summed E-state index contributed by atoms with van der Waals surface area (Å²) in [5, 5.41) is 5.53. The summed E-state index contributed by atoms with van der Waals surface area (Å²) in [5.74, 6) is -3.92. The molecule has 9 heteroatoms. The van der Waals surface area contributed by atoms with E-state index in [4.69, 9.17) is 4.74 Å². The highest BCUT2D eigenvalue weighted by Gasteiger charge is 2.37. The van der Waals surface area contributed by atoms with Crippen molar-refractivity contribution in [2.24, 2.45) is 0 Å². The number of halogens is 5. The lowest BCUT2D eigenvalue weighted by molar-refractivity contribution is -0.137. The molecule has 26 heavy (non-hydrogen) atoms. The third kappa shape index (κ3) is 4.91. The van der Waals surface area contributed by atoms with E-state index < -0.39 is 40.7 Å². The molecule has 1 amide bonds. The summed E-state index contributed by atoms with van der Waals surface area (Å²) in [6.07, 6.45) is -4.78. The Hall–Kier alpha value is -1.74. The van der Waals surface area contributed by atoms with E-state index in [1.807, 2.05) is 0 Å². The van der Waals surface area contributed by atoms with E-state index in [-0.39, 0.29) is 12.2 Å². The highest BCUT2D eigenvalue weighted by molar-refractivity contribution is 5.82. The van der Waals surface area contributed by atoms with Crippen molar-refractivity contribution >= 4 is 5.91 Å². The van der Waals surface area contributed by atoms with Gasteiger partial charge in [0.25, 0.3) is 5.92 Å². The van der Waals surface area contributed by atoms with E-state index in [1.165, 1.54) is 13.8 Å². The minimum absolute atomic E-state index is 0.0612. The SMILES string of the molecule is CC(F)(F)c1cc(C(F)(F)F)cc(C(C)(C)NC(=O)[C@@H]2COCCN2)c1. The number of carbonyl (C=O) groups is 1. The molecule has 0 unspecified atom stereocenters. The second-order valence-electron chi connectivity index (χ2n) is 6.88. The van der Waals surface area contributed by atoms with Crippen LogP contribution in [0.1, 0.15) is 37.5 Å². The van der Waals surface area contributed by atoms with Crippen molar-refractivity contribution in [2.45, 2.75) is 44.5 Å². The van der Waals surface area contributed by atoms with E-state index in [0.717, 1.165) is 12.1 Å². The predicted octanol–water partition coefficient (Wildman–Crippen LogP) is 3.16. The number of ether oxygens (including phenoxy) is 1. The van der Waals surface area contributed by atoms with Crippen LogP contribution in [0.2, 0.25) is 0 Å². The number of benzene rings is 1. The Bertz CT molecular complexity index is 630. The lowest BCUT2D eigenvalue weighted by atomic mass is 9.89. The lowest BCUT2D eigenvalue weighted by Gasteiger charge is -2.32. The average molecular weight is 380 g/mol. The van der Waals surface area contributed by atoms with Crippen molar-refractivity contribution in [3.8, 4) is 0 Å². The van der Waals surface area contributed by atoms with Crippen LogP contribution in [0.15, 0.2) is 18.2 Å². The molecule has 0 saturated carbocycles. The molecular weight excluding hydrogens is 359 g/mol. The molecule has 0 bridgehead atoms. The van der Waals surface area contributed by atoms with Crippen LogP contribution in [0.25, 0.3) is 0 Å². The summed E-state index contributed by atoms with van der Waals surface area (Å²) in [6.45, 7) is 4.50. The molecule has 1 aromatic rings. The third-order valence-electron chi connectivity index (χ3n) is 4.16. The van der Waals surface area contributed by atoms with Gasteiger partial charge >= 0.3 is 6.18 Å². The fraction of sp³-hybridized carbons (Fsp3) is 0.588. The predicted molar refractivity (Wildman–Crippen MR) is 84.8 cm³/mol. The first-order valence-corrected chi connectivity index (χ1v) is 8.05. The van der Waals surface area contributed by atoms with Gasteiger partial charge in [-0.25, -0.2) is 8.78 Å². The van der Waals surface area contributed by atoms with E-state index in [9.17, 15) is 26.7 Å². The van der Waals surface area contributed by atoms with Crippen LogP contribution in [0.4, 0.5) is 22.0 Å². The molecule has 0 aromatic heterocycles. The Morgan fingerprint density at radius 2 is 1.65 bits per heavy atom. The van der Waals surface area contributed by atoms with Gasteiger partial charge in [-0.3, -0.25) is 4.79 Å². The molecule has 0 aliphatic carbocycles. The van der Waals surface area contributed by atoms with E-state index >= 15 is 0 Å². The maximum atomic E-state index is 13.7. The minimum Gasteiger partial charge on any atom is -0.378 e. The van der Waals surface area contributed by atoms with Gasteiger partial charge in [-0.1, -0.05) is 0 Å². The average Bonchev–Trinajstić information content (AvgIpc) is 2.53.